The molecule has 0 unspecified atom stereocenters. The van der Waals surface area contributed by atoms with Crippen molar-refractivity contribution in [1.82, 2.24) is 0 Å². The van der Waals surface area contributed by atoms with Gasteiger partial charge in [0.15, 0.2) is 0 Å². The van der Waals surface area contributed by atoms with Gasteiger partial charge in [0.2, 0.25) is 0 Å². The summed E-state index contributed by atoms with van der Waals surface area (Å²) in [7, 11) is 0. The standard InChI is InChI=1S/C6H5O2.Rb/c1-2-4-3-5(7)6(4)8;/h2H2,1H3;/q-1;+1. The average molecular weight is 195 g/mol. The molecule has 9 heavy (non-hydrogen) atoms. The van der Waals surface area contributed by atoms with Gasteiger partial charge in [-0.2, -0.15) is 0 Å². The normalized spacial score (nSPS) is 9.00. The molecule has 1 aromatic carbocycles. The molecule has 42 valence electrons. The molecular formula is C6H5O2Rb. The number of hydrogen-bond acceptors (Lipinski definition) is 2. The van der Waals surface area contributed by atoms with Crippen LogP contribution in [0.3, 0.4) is 0 Å². The third-order valence-electron chi connectivity index (χ3n) is 1.10. The van der Waals surface area contributed by atoms with Gasteiger partial charge in [0.25, 0.3) is 0 Å². The molecule has 0 aliphatic rings. The van der Waals surface area contributed by atoms with Crippen LogP contribution >= 0.6 is 0 Å². The van der Waals surface area contributed by atoms with E-state index in [0.29, 0.717) is 12.0 Å². The Bertz CT molecular complexity index is 257. The maximum Gasteiger partial charge on any atom is 1.00 e. The van der Waals surface area contributed by atoms with E-state index < -0.39 is 5.43 Å². The van der Waals surface area contributed by atoms with Gasteiger partial charge >= 0.3 is 58.2 Å². The third-order valence-corrected chi connectivity index (χ3v) is 1.10. The largest absolute Gasteiger partial charge is 1.00 e. The molecule has 0 heterocycles. The van der Waals surface area contributed by atoms with Crippen LogP contribution in [-0.2, 0) is 6.42 Å². The van der Waals surface area contributed by atoms with Crippen LogP contribution in [0.4, 0.5) is 0 Å². The minimum atomic E-state index is -0.471. The second-order valence-electron chi connectivity index (χ2n) is 1.62. The number of hydrogen-bond donors (Lipinski definition) is 0. The molecule has 1 aromatic rings. The van der Waals surface area contributed by atoms with Crippen LogP contribution in [-0.4, -0.2) is 0 Å². The Balaban J connectivity index is 0.000000640. The molecule has 0 radical (unpaired) electrons. The van der Waals surface area contributed by atoms with Gasteiger partial charge in [0.05, 0.1) is 0 Å². The monoisotopic (exact) mass is 194 g/mol. The predicted octanol–water partition coefficient (Wildman–Crippen LogP) is -3.35. The van der Waals surface area contributed by atoms with Crippen LogP contribution < -0.4 is 69.0 Å². The Labute approximate surface area is 102 Å². The molecule has 0 bridgehead atoms. The first-order chi connectivity index (χ1) is 3.75. The van der Waals surface area contributed by atoms with Gasteiger partial charge < -0.3 is 9.59 Å². The molecule has 0 saturated carbocycles. The SMILES string of the molecule is CCc1[c-]c(=O)c1=O.[Rb+]. The first kappa shape index (κ1) is 9.89. The van der Waals surface area contributed by atoms with Crippen LogP contribution in [0.2, 0.25) is 0 Å². The van der Waals surface area contributed by atoms with Crippen LogP contribution in [0.1, 0.15) is 12.5 Å². The van der Waals surface area contributed by atoms with E-state index in [9.17, 15) is 9.59 Å². The van der Waals surface area contributed by atoms with Crippen molar-refractivity contribution in [2.24, 2.45) is 0 Å². The van der Waals surface area contributed by atoms with Gasteiger partial charge in [-0.3, -0.25) is 0 Å². The van der Waals surface area contributed by atoms with E-state index >= 15 is 0 Å². The molecule has 0 spiro atoms. The van der Waals surface area contributed by atoms with Crippen molar-refractivity contribution in [3.8, 4) is 0 Å². The molecular weight excluding hydrogens is 190 g/mol. The molecule has 3 heteroatoms. The van der Waals surface area contributed by atoms with Crippen molar-refractivity contribution in [2.75, 3.05) is 0 Å². The molecule has 0 aliphatic heterocycles. The van der Waals surface area contributed by atoms with Gasteiger partial charge in [-0.25, -0.2) is 0 Å². The number of rotatable bonds is 1. The van der Waals surface area contributed by atoms with Gasteiger partial charge in [-0.15, -0.1) is 11.6 Å². The summed E-state index contributed by atoms with van der Waals surface area (Å²) in [6, 6.07) is 2.37. The first-order valence-electron chi connectivity index (χ1n) is 2.47. The summed E-state index contributed by atoms with van der Waals surface area (Å²) >= 11 is 0. The van der Waals surface area contributed by atoms with Crippen LogP contribution in [0, 0.1) is 6.07 Å². The van der Waals surface area contributed by atoms with E-state index in [1.54, 1.807) is 0 Å². The number of aryl methyl sites for hydroxylation is 1. The summed E-state index contributed by atoms with van der Waals surface area (Å²) in [4.78, 5) is 20.5. The van der Waals surface area contributed by atoms with Crippen molar-refractivity contribution in [3.05, 3.63) is 32.1 Å². The summed E-state index contributed by atoms with van der Waals surface area (Å²) in [5, 5.41) is 0. The van der Waals surface area contributed by atoms with Crippen LogP contribution in [0.25, 0.3) is 0 Å². The molecule has 0 aromatic heterocycles. The Morgan fingerprint density at radius 3 is 2.11 bits per heavy atom. The maximum atomic E-state index is 10.3. The molecule has 0 fully saturated rings. The maximum absolute atomic E-state index is 10.3. The van der Waals surface area contributed by atoms with E-state index in [-0.39, 0.29) is 63.6 Å². The molecule has 0 N–H and O–H groups in total. The second-order valence-corrected chi connectivity index (χ2v) is 1.62. The summed E-state index contributed by atoms with van der Waals surface area (Å²) in [5.41, 5.74) is -0.288. The molecule has 2 nitrogen and oxygen atoms in total. The van der Waals surface area contributed by atoms with Crippen molar-refractivity contribution < 1.29 is 58.2 Å². The first-order valence-corrected chi connectivity index (χ1v) is 2.47. The fourth-order valence-electron chi connectivity index (χ4n) is 0.574. The third kappa shape index (κ3) is 1.90. The fourth-order valence-corrected chi connectivity index (χ4v) is 0.574. The zero-order valence-corrected chi connectivity index (χ0v) is 10.4. The predicted molar refractivity (Wildman–Crippen MR) is 29.6 cm³/mol. The molecule has 1 rings (SSSR count). The van der Waals surface area contributed by atoms with Crippen molar-refractivity contribution >= 4 is 0 Å². The summed E-state index contributed by atoms with van der Waals surface area (Å²) in [6.45, 7) is 1.83. The zero-order valence-electron chi connectivity index (χ0n) is 5.52. The van der Waals surface area contributed by atoms with Gasteiger partial charge in [0.1, 0.15) is 10.9 Å². The smallest absolute Gasteiger partial charge is 0.362 e. The molecule has 0 atom stereocenters. The minimum absolute atomic E-state index is 0. The van der Waals surface area contributed by atoms with Crippen molar-refractivity contribution in [2.45, 2.75) is 13.3 Å². The summed E-state index contributed by atoms with van der Waals surface area (Å²) < 4.78 is 0. The average Bonchev–Trinajstić information content (AvgIpc) is 1.81. The van der Waals surface area contributed by atoms with Crippen LogP contribution in [0.15, 0.2) is 9.59 Å². The Morgan fingerprint density at radius 2 is 2.00 bits per heavy atom. The van der Waals surface area contributed by atoms with Gasteiger partial charge in [-0.05, 0) is 6.42 Å². The Kier molecular flexibility index (Phi) is 4.30. The Morgan fingerprint density at radius 1 is 1.44 bits per heavy atom. The Hall–Kier alpha value is 0.885. The topological polar surface area (TPSA) is 34.1 Å². The van der Waals surface area contributed by atoms with Crippen molar-refractivity contribution in [1.29, 1.82) is 0 Å². The molecule has 0 saturated heterocycles. The van der Waals surface area contributed by atoms with Gasteiger partial charge in [-0.1, -0.05) is 6.92 Å². The summed E-state index contributed by atoms with van der Waals surface area (Å²) in [6.07, 6.45) is 0.630. The van der Waals surface area contributed by atoms with E-state index in [4.69, 9.17) is 0 Å². The summed E-state index contributed by atoms with van der Waals surface area (Å²) in [5.74, 6) is 0. The second kappa shape index (κ2) is 3.91. The van der Waals surface area contributed by atoms with E-state index in [0.717, 1.165) is 0 Å². The fraction of sp³-hybridized carbons (Fsp3) is 0.333. The van der Waals surface area contributed by atoms with Gasteiger partial charge in [0, 0.05) is 0 Å². The van der Waals surface area contributed by atoms with E-state index in [1.165, 1.54) is 0 Å². The molecule has 0 amide bonds. The quantitative estimate of drug-likeness (QED) is 0.346. The minimum Gasteiger partial charge on any atom is -0.362 e. The zero-order chi connectivity index (χ0) is 6.15. The molecule has 0 aliphatic carbocycles. The van der Waals surface area contributed by atoms with Crippen LogP contribution in [0.5, 0.6) is 0 Å². The van der Waals surface area contributed by atoms with E-state index in [2.05, 4.69) is 6.07 Å². The van der Waals surface area contributed by atoms with Crippen molar-refractivity contribution in [3.63, 3.8) is 0 Å². The van der Waals surface area contributed by atoms with E-state index in [1.807, 2.05) is 6.92 Å².